The number of nitrogens with one attached hydrogen (secondary N) is 4. The van der Waals surface area contributed by atoms with Gasteiger partial charge in [0.15, 0.2) is 0 Å². The maximum Gasteiger partial charge on any atom is 0.314 e. The van der Waals surface area contributed by atoms with Crippen molar-refractivity contribution in [2.45, 2.75) is 23.6 Å². The van der Waals surface area contributed by atoms with Crippen LogP contribution in [0.15, 0.2) is 107 Å². The Morgan fingerprint density at radius 1 is 0.464 bits per heavy atom. The molecular formula is C38H30N4O12S2. The Hall–Kier alpha value is -6.86. The van der Waals surface area contributed by atoms with Crippen LogP contribution < -0.4 is 21.3 Å². The minimum Gasteiger partial charge on any atom is -0.508 e. The second kappa shape index (κ2) is 14.8. The standard InChI is InChI=1S/C38H30N4O12S2/c1-19-3-7-25(17-29(19)35(45)41-31-13-23-11-27(43)9-5-21(23)15-33(31)55(49,50)51)39-37(47)38(48)40-26-8-4-20(2)30(18-26)36(46)42-32-14-24-12-28(44)10-6-22(24)16-34(32)56(52,53)54/h3-18,43-44H,1-2H3,(H,39,47)(H,40,48)(H,41,45)(H,42,46)(H,49,50,51)(H,52,53,54). The number of aryl methyl sites for hydroxylation is 2. The summed E-state index contributed by atoms with van der Waals surface area (Å²) in [6.07, 6.45) is 0. The quantitative estimate of drug-likeness (QED) is 0.0691. The number of rotatable bonds is 8. The van der Waals surface area contributed by atoms with Crippen LogP contribution in [0.4, 0.5) is 22.7 Å². The Labute approximate surface area is 318 Å². The molecule has 0 saturated carbocycles. The molecule has 8 N–H and O–H groups in total. The Bertz CT molecular complexity index is 2700. The van der Waals surface area contributed by atoms with Crippen molar-refractivity contribution in [2.24, 2.45) is 0 Å². The monoisotopic (exact) mass is 798 g/mol. The SMILES string of the molecule is Cc1ccc(NC(=O)C(=O)Nc2ccc(C)c(C(=O)Nc3cc4cc(O)ccc4cc3S(=O)(=O)O)c2)cc1C(=O)Nc1cc2cc(O)ccc2cc1S(=O)(=O)O. The van der Waals surface area contributed by atoms with Crippen LogP contribution in [0.5, 0.6) is 11.5 Å². The van der Waals surface area contributed by atoms with Crippen molar-refractivity contribution in [1.29, 1.82) is 0 Å². The van der Waals surface area contributed by atoms with Gasteiger partial charge in [-0.25, -0.2) is 0 Å². The van der Waals surface area contributed by atoms with Gasteiger partial charge in [0.05, 0.1) is 11.4 Å². The largest absolute Gasteiger partial charge is 0.508 e. The molecule has 0 aliphatic heterocycles. The molecular weight excluding hydrogens is 769 g/mol. The summed E-state index contributed by atoms with van der Waals surface area (Å²) in [7, 11) is -9.62. The van der Waals surface area contributed by atoms with Gasteiger partial charge < -0.3 is 31.5 Å². The van der Waals surface area contributed by atoms with Crippen molar-refractivity contribution in [3.63, 3.8) is 0 Å². The Balaban J connectivity index is 1.18. The third kappa shape index (κ3) is 8.43. The van der Waals surface area contributed by atoms with E-state index in [-0.39, 0.29) is 45.4 Å². The molecule has 0 atom stereocenters. The van der Waals surface area contributed by atoms with Crippen LogP contribution in [-0.4, -0.2) is 59.8 Å². The predicted molar refractivity (Wildman–Crippen MR) is 206 cm³/mol. The minimum atomic E-state index is -4.81. The molecule has 16 nitrogen and oxygen atoms in total. The van der Waals surface area contributed by atoms with Gasteiger partial charge in [-0.05, 0) is 119 Å². The smallest absolute Gasteiger partial charge is 0.314 e. The van der Waals surface area contributed by atoms with Crippen molar-refractivity contribution in [2.75, 3.05) is 21.3 Å². The summed E-state index contributed by atoms with van der Waals surface area (Å²) in [6, 6.07) is 21.1. The van der Waals surface area contributed by atoms with E-state index in [1.165, 1.54) is 84.9 Å². The lowest BCUT2D eigenvalue weighted by molar-refractivity contribution is -0.132. The van der Waals surface area contributed by atoms with Crippen LogP contribution in [0, 0.1) is 13.8 Å². The van der Waals surface area contributed by atoms with E-state index in [1.807, 2.05) is 0 Å². The van der Waals surface area contributed by atoms with Crippen molar-refractivity contribution in [3.05, 3.63) is 119 Å². The summed E-state index contributed by atoms with van der Waals surface area (Å²) >= 11 is 0. The fraction of sp³-hybridized carbons (Fsp3) is 0.0526. The maximum absolute atomic E-state index is 13.4. The number of amides is 4. The molecule has 56 heavy (non-hydrogen) atoms. The van der Waals surface area contributed by atoms with Crippen LogP contribution in [-0.2, 0) is 29.8 Å². The molecule has 0 aliphatic carbocycles. The number of carbonyl (C=O) groups is 4. The number of hydrogen-bond donors (Lipinski definition) is 8. The Kier molecular flexibility index (Phi) is 10.2. The first kappa shape index (κ1) is 38.9. The number of phenolic OH excluding ortho intramolecular Hbond substituents is 2. The molecule has 0 bridgehead atoms. The molecule has 18 heteroatoms. The van der Waals surface area contributed by atoms with Crippen LogP contribution in [0.25, 0.3) is 21.5 Å². The lowest BCUT2D eigenvalue weighted by Crippen LogP contribution is -2.29. The zero-order valence-corrected chi connectivity index (χ0v) is 30.7. The molecule has 0 heterocycles. The van der Waals surface area contributed by atoms with E-state index in [2.05, 4.69) is 21.3 Å². The van der Waals surface area contributed by atoms with Gasteiger partial charge in [-0.2, -0.15) is 16.8 Å². The van der Waals surface area contributed by atoms with E-state index < -0.39 is 53.7 Å². The first-order chi connectivity index (χ1) is 26.3. The van der Waals surface area contributed by atoms with Gasteiger partial charge in [0.2, 0.25) is 0 Å². The number of carbonyl (C=O) groups excluding carboxylic acids is 4. The molecule has 0 saturated heterocycles. The van der Waals surface area contributed by atoms with Gasteiger partial charge in [-0.1, -0.05) is 24.3 Å². The third-order valence-electron chi connectivity index (χ3n) is 8.58. The van der Waals surface area contributed by atoms with Crippen LogP contribution in [0.1, 0.15) is 31.8 Å². The van der Waals surface area contributed by atoms with Crippen molar-refractivity contribution < 1.29 is 55.3 Å². The molecule has 6 rings (SSSR count). The van der Waals surface area contributed by atoms with Crippen LogP contribution in [0.3, 0.4) is 0 Å². The second-order valence-corrected chi connectivity index (χ2v) is 15.4. The van der Waals surface area contributed by atoms with Gasteiger partial charge in [0.25, 0.3) is 32.1 Å². The van der Waals surface area contributed by atoms with Crippen molar-refractivity contribution in [1.82, 2.24) is 0 Å². The maximum atomic E-state index is 13.4. The number of phenols is 2. The predicted octanol–water partition coefficient (Wildman–Crippen LogP) is 5.60. The highest BCUT2D eigenvalue weighted by Crippen LogP contribution is 2.32. The van der Waals surface area contributed by atoms with Gasteiger partial charge in [0.1, 0.15) is 21.3 Å². The molecule has 0 aromatic heterocycles. The van der Waals surface area contributed by atoms with Gasteiger partial charge in [-0.15, -0.1) is 0 Å². The average Bonchev–Trinajstić information content (AvgIpc) is 3.11. The van der Waals surface area contributed by atoms with E-state index in [0.717, 1.165) is 12.1 Å². The highest BCUT2D eigenvalue weighted by Gasteiger charge is 2.23. The summed E-state index contributed by atoms with van der Waals surface area (Å²) in [4.78, 5) is 51.5. The first-order valence-corrected chi connectivity index (χ1v) is 19.1. The fourth-order valence-electron chi connectivity index (χ4n) is 5.79. The molecule has 4 amide bonds. The molecule has 286 valence electrons. The van der Waals surface area contributed by atoms with Crippen LogP contribution >= 0.6 is 0 Å². The molecule has 0 fully saturated rings. The van der Waals surface area contributed by atoms with Crippen molar-refractivity contribution >= 4 is 88.2 Å². The third-order valence-corrected chi connectivity index (χ3v) is 10.4. The van der Waals surface area contributed by atoms with E-state index in [1.54, 1.807) is 13.8 Å². The summed E-state index contributed by atoms with van der Waals surface area (Å²) in [5.41, 5.74) is 0.159. The molecule has 0 unspecified atom stereocenters. The number of aromatic hydroxyl groups is 2. The van der Waals surface area contributed by atoms with Gasteiger partial charge >= 0.3 is 11.8 Å². The minimum absolute atomic E-state index is 0.00153. The average molecular weight is 799 g/mol. The van der Waals surface area contributed by atoms with E-state index in [0.29, 0.717) is 32.7 Å². The van der Waals surface area contributed by atoms with E-state index >= 15 is 0 Å². The molecule has 6 aromatic rings. The summed E-state index contributed by atoms with van der Waals surface area (Å²) in [5, 5.41) is 30.8. The number of fused-ring (bicyclic) bond motifs is 2. The molecule has 0 aliphatic rings. The highest BCUT2D eigenvalue weighted by atomic mass is 32.2. The van der Waals surface area contributed by atoms with E-state index in [4.69, 9.17) is 0 Å². The highest BCUT2D eigenvalue weighted by molar-refractivity contribution is 7.86. The summed E-state index contributed by atoms with van der Waals surface area (Å²) < 4.78 is 68.4. The lowest BCUT2D eigenvalue weighted by atomic mass is 10.1. The first-order valence-electron chi connectivity index (χ1n) is 16.2. The zero-order valence-electron chi connectivity index (χ0n) is 29.1. The van der Waals surface area contributed by atoms with Gasteiger partial charge in [0, 0.05) is 22.5 Å². The Morgan fingerprint density at radius 2 is 0.839 bits per heavy atom. The van der Waals surface area contributed by atoms with Crippen molar-refractivity contribution in [3.8, 4) is 11.5 Å². The van der Waals surface area contributed by atoms with E-state index in [9.17, 15) is 55.3 Å². The molecule has 0 spiro atoms. The topological polar surface area (TPSA) is 266 Å². The number of hydrogen-bond acceptors (Lipinski definition) is 10. The van der Waals surface area contributed by atoms with Gasteiger partial charge in [-0.3, -0.25) is 28.3 Å². The Morgan fingerprint density at radius 3 is 1.20 bits per heavy atom. The second-order valence-electron chi connectivity index (χ2n) is 12.6. The zero-order chi connectivity index (χ0) is 40.7. The number of anilines is 4. The van der Waals surface area contributed by atoms with Crippen LogP contribution in [0.2, 0.25) is 0 Å². The molecule has 6 aromatic carbocycles. The summed E-state index contributed by atoms with van der Waals surface area (Å²) in [6.45, 7) is 3.13. The summed E-state index contributed by atoms with van der Waals surface area (Å²) in [5.74, 6) is -4.25. The number of benzene rings is 6. The fourth-order valence-corrected chi connectivity index (χ4v) is 7.12. The lowest BCUT2D eigenvalue weighted by Gasteiger charge is -2.14. The molecule has 0 radical (unpaired) electrons. The normalized spacial score (nSPS) is 11.6.